The van der Waals surface area contributed by atoms with Crippen molar-refractivity contribution in [3.05, 3.63) is 86.1 Å². The zero-order valence-corrected chi connectivity index (χ0v) is 17.3. The van der Waals surface area contributed by atoms with E-state index < -0.39 is 45.4 Å². The molecule has 0 bridgehead atoms. The Hall–Kier alpha value is -4.81. The van der Waals surface area contributed by atoms with Gasteiger partial charge in [0.2, 0.25) is 11.8 Å². The summed E-state index contributed by atoms with van der Waals surface area (Å²) >= 11 is 0. The van der Waals surface area contributed by atoms with Crippen LogP contribution in [0, 0.1) is 20.2 Å². The van der Waals surface area contributed by atoms with E-state index in [0.29, 0.717) is 0 Å². The number of rotatable bonds is 10. The number of carbonyl (C=O) groups is 3. The maximum atomic E-state index is 12.2. The van der Waals surface area contributed by atoms with Gasteiger partial charge in [0, 0.05) is 17.3 Å². The lowest BCUT2D eigenvalue weighted by atomic mass is 10.1. The maximum absolute atomic E-state index is 12.2. The second kappa shape index (κ2) is 11.0. The predicted octanol–water partition coefficient (Wildman–Crippen LogP) is 2.00. The number of ether oxygens (including phenoxy) is 1. The highest BCUT2D eigenvalue weighted by Gasteiger charge is 2.21. The lowest BCUT2D eigenvalue weighted by Crippen LogP contribution is -2.38. The molecule has 0 saturated heterocycles. The molecule has 2 amide bonds. The molecule has 0 fully saturated rings. The van der Waals surface area contributed by atoms with Crippen LogP contribution >= 0.6 is 0 Å². The largest absolute Gasteiger partial charge is 0.465 e. The minimum Gasteiger partial charge on any atom is -0.465 e. The van der Waals surface area contributed by atoms with Crippen LogP contribution < -0.4 is 16.2 Å². The molecule has 2 rings (SSSR count). The Labute approximate surface area is 186 Å². The molecule has 13 heteroatoms. The fourth-order valence-electron chi connectivity index (χ4n) is 2.67. The quantitative estimate of drug-likeness (QED) is 0.273. The number of hydrogen-bond acceptors (Lipinski definition) is 9. The van der Waals surface area contributed by atoms with Crippen molar-refractivity contribution in [2.45, 2.75) is 12.8 Å². The van der Waals surface area contributed by atoms with E-state index in [2.05, 4.69) is 27.5 Å². The average Bonchev–Trinajstić information content (AvgIpc) is 2.77. The van der Waals surface area contributed by atoms with Gasteiger partial charge in [0.05, 0.1) is 47.1 Å². The Morgan fingerprint density at radius 2 is 1.70 bits per heavy atom. The standard InChI is InChI=1S/C20H19N5O8/c1-12(9-18(26)21-16-6-4-3-5-15(16)20(28)33-2)22-23-19(27)10-13-7-8-14(24(29)30)11-17(13)25(31)32/h3-8,11,22H,1,9-10H2,2H3,(H,21,26)(H,23,27). The fraction of sp³-hybridized carbons (Fsp3) is 0.150. The van der Waals surface area contributed by atoms with E-state index in [1.54, 1.807) is 12.1 Å². The van der Waals surface area contributed by atoms with Crippen molar-refractivity contribution in [1.29, 1.82) is 0 Å². The molecule has 3 N–H and O–H groups in total. The molecule has 0 spiro atoms. The molecule has 0 aliphatic carbocycles. The molecule has 2 aromatic carbocycles. The van der Waals surface area contributed by atoms with Gasteiger partial charge in [-0.1, -0.05) is 18.7 Å². The maximum Gasteiger partial charge on any atom is 0.339 e. The molecular formula is C20H19N5O8. The topological polar surface area (TPSA) is 183 Å². The van der Waals surface area contributed by atoms with Crippen LogP contribution in [0.1, 0.15) is 22.3 Å². The molecule has 0 aromatic heterocycles. The first-order valence-corrected chi connectivity index (χ1v) is 9.24. The van der Waals surface area contributed by atoms with Crippen LogP contribution in [-0.2, 0) is 20.7 Å². The zero-order valence-electron chi connectivity index (χ0n) is 17.3. The Morgan fingerprint density at radius 1 is 1.00 bits per heavy atom. The third-order valence-electron chi connectivity index (χ3n) is 4.19. The summed E-state index contributed by atoms with van der Waals surface area (Å²) in [6, 6.07) is 9.16. The first-order valence-electron chi connectivity index (χ1n) is 9.24. The van der Waals surface area contributed by atoms with E-state index in [1.807, 2.05) is 0 Å². The highest BCUT2D eigenvalue weighted by atomic mass is 16.6. The Kier molecular flexibility index (Phi) is 8.15. The van der Waals surface area contributed by atoms with Crippen molar-refractivity contribution >= 4 is 34.8 Å². The molecule has 0 radical (unpaired) electrons. The summed E-state index contributed by atoms with van der Waals surface area (Å²) in [5, 5.41) is 24.5. The molecular weight excluding hydrogens is 438 g/mol. The van der Waals surface area contributed by atoms with Crippen molar-refractivity contribution in [2.75, 3.05) is 12.4 Å². The molecule has 13 nitrogen and oxygen atoms in total. The second-order valence-electron chi connectivity index (χ2n) is 6.54. The summed E-state index contributed by atoms with van der Waals surface area (Å²) in [7, 11) is 1.21. The summed E-state index contributed by atoms with van der Waals surface area (Å²) in [6.07, 6.45) is -0.721. The molecule has 0 unspecified atom stereocenters. The van der Waals surface area contributed by atoms with Gasteiger partial charge in [-0.15, -0.1) is 0 Å². The number of esters is 1. The lowest BCUT2D eigenvalue weighted by molar-refractivity contribution is -0.394. The number of carbonyl (C=O) groups excluding carboxylic acids is 3. The highest BCUT2D eigenvalue weighted by Crippen LogP contribution is 2.25. The number of hydrogen-bond donors (Lipinski definition) is 3. The van der Waals surface area contributed by atoms with Gasteiger partial charge in [-0.05, 0) is 18.2 Å². The minimum absolute atomic E-state index is 0.0346. The van der Waals surface area contributed by atoms with Gasteiger partial charge in [0.1, 0.15) is 0 Å². The second-order valence-corrected chi connectivity index (χ2v) is 6.54. The van der Waals surface area contributed by atoms with Crippen molar-refractivity contribution in [3.63, 3.8) is 0 Å². The van der Waals surface area contributed by atoms with Gasteiger partial charge in [-0.3, -0.25) is 35.2 Å². The number of benzene rings is 2. The van der Waals surface area contributed by atoms with Crippen LogP contribution in [0.2, 0.25) is 0 Å². The number of nitro benzene ring substituents is 2. The van der Waals surface area contributed by atoms with E-state index >= 15 is 0 Å². The lowest BCUT2D eigenvalue weighted by Gasteiger charge is -2.13. The summed E-state index contributed by atoms with van der Waals surface area (Å²) < 4.78 is 4.65. The van der Waals surface area contributed by atoms with E-state index in [9.17, 15) is 34.6 Å². The molecule has 0 saturated carbocycles. The number of nitrogens with one attached hydrogen (secondary N) is 3. The van der Waals surface area contributed by atoms with Crippen LogP contribution in [0.15, 0.2) is 54.7 Å². The van der Waals surface area contributed by atoms with Gasteiger partial charge in [-0.2, -0.15) is 0 Å². The summed E-state index contributed by atoms with van der Waals surface area (Å²) in [5.74, 6) is -1.87. The van der Waals surface area contributed by atoms with E-state index in [4.69, 9.17) is 0 Å². The van der Waals surface area contributed by atoms with Crippen molar-refractivity contribution < 1.29 is 29.0 Å². The predicted molar refractivity (Wildman–Crippen MR) is 115 cm³/mol. The Bertz CT molecular complexity index is 1130. The molecule has 0 aliphatic rings. The number of anilines is 1. The molecule has 0 atom stereocenters. The van der Waals surface area contributed by atoms with E-state index in [1.165, 1.54) is 19.2 Å². The van der Waals surface area contributed by atoms with E-state index in [-0.39, 0.29) is 28.9 Å². The Balaban J connectivity index is 1.92. The third-order valence-corrected chi connectivity index (χ3v) is 4.19. The molecule has 0 aliphatic heterocycles. The van der Waals surface area contributed by atoms with Crippen molar-refractivity contribution in [3.8, 4) is 0 Å². The molecule has 172 valence electrons. The number of hydrazine groups is 1. The number of nitrogens with zero attached hydrogens (tertiary/aromatic N) is 2. The van der Waals surface area contributed by atoms with Gasteiger partial charge in [0.25, 0.3) is 11.4 Å². The number of methoxy groups -OCH3 is 1. The number of non-ortho nitro benzene ring substituents is 1. The number of nitro groups is 2. The van der Waals surface area contributed by atoms with Gasteiger partial charge in [0.15, 0.2) is 0 Å². The van der Waals surface area contributed by atoms with Crippen LogP contribution in [0.4, 0.5) is 17.1 Å². The molecule has 2 aromatic rings. The minimum atomic E-state index is -0.821. The zero-order chi connectivity index (χ0) is 24.5. The first-order chi connectivity index (χ1) is 15.6. The molecule has 0 heterocycles. The van der Waals surface area contributed by atoms with Gasteiger partial charge < -0.3 is 15.5 Å². The molecule has 33 heavy (non-hydrogen) atoms. The van der Waals surface area contributed by atoms with Crippen molar-refractivity contribution in [2.24, 2.45) is 0 Å². The van der Waals surface area contributed by atoms with Gasteiger partial charge in [-0.25, -0.2) is 4.79 Å². The first kappa shape index (κ1) is 24.5. The van der Waals surface area contributed by atoms with Crippen LogP contribution in [0.3, 0.4) is 0 Å². The van der Waals surface area contributed by atoms with E-state index in [0.717, 1.165) is 18.2 Å². The smallest absolute Gasteiger partial charge is 0.339 e. The Morgan fingerprint density at radius 3 is 2.33 bits per heavy atom. The summed E-state index contributed by atoms with van der Waals surface area (Å²) in [4.78, 5) is 56.4. The summed E-state index contributed by atoms with van der Waals surface area (Å²) in [6.45, 7) is 3.60. The van der Waals surface area contributed by atoms with Crippen LogP contribution in [0.5, 0.6) is 0 Å². The SMILES string of the molecule is C=C(CC(=O)Nc1ccccc1C(=O)OC)NNC(=O)Cc1ccc([N+](=O)[O-])cc1[N+](=O)[O-]. The third kappa shape index (κ3) is 6.85. The van der Waals surface area contributed by atoms with Crippen molar-refractivity contribution in [1.82, 2.24) is 10.9 Å². The summed E-state index contributed by atoms with van der Waals surface area (Å²) in [5.41, 5.74) is 4.07. The van der Waals surface area contributed by atoms with Crippen LogP contribution in [-0.4, -0.2) is 34.7 Å². The number of para-hydroxylation sites is 1. The normalized spacial score (nSPS) is 9.97. The number of amides is 2. The van der Waals surface area contributed by atoms with Crippen LogP contribution in [0.25, 0.3) is 0 Å². The van der Waals surface area contributed by atoms with Gasteiger partial charge >= 0.3 is 5.97 Å². The monoisotopic (exact) mass is 457 g/mol. The fourth-order valence-corrected chi connectivity index (χ4v) is 2.67. The average molecular weight is 457 g/mol. The highest BCUT2D eigenvalue weighted by molar-refractivity contribution is 6.01.